The number of nitrogens with one attached hydrogen (secondary N) is 1. The monoisotopic (exact) mass is 378 g/mol. The number of hydrogen-bond donors (Lipinski definition) is 2. The van der Waals surface area contributed by atoms with E-state index in [-0.39, 0.29) is 18.2 Å². The molecule has 1 amide bonds. The number of rotatable bonds is 4. The summed E-state index contributed by atoms with van der Waals surface area (Å²) in [6, 6.07) is 5.81. The molecule has 0 radical (unpaired) electrons. The van der Waals surface area contributed by atoms with Crippen molar-refractivity contribution < 1.29 is 14.7 Å². The Bertz CT molecular complexity index is 741. The van der Waals surface area contributed by atoms with Crippen LogP contribution < -0.4 is 0 Å². The largest absolute Gasteiger partial charge is 0.481 e. The third-order valence-corrected chi connectivity index (χ3v) is 5.12. The van der Waals surface area contributed by atoms with E-state index in [2.05, 4.69) is 20.9 Å². The van der Waals surface area contributed by atoms with Gasteiger partial charge in [-0.15, -0.1) is 0 Å². The molecular formula is C17H19BrN2O3. The molecule has 1 aromatic heterocycles. The Morgan fingerprint density at radius 3 is 3.00 bits per heavy atom. The average molecular weight is 379 g/mol. The van der Waals surface area contributed by atoms with Gasteiger partial charge in [-0.05, 0) is 37.3 Å². The van der Waals surface area contributed by atoms with Crippen molar-refractivity contribution in [2.75, 3.05) is 13.1 Å². The van der Waals surface area contributed by atoms with Gasteiger partial charge in [-0.25, -0.2) is 0 Å². The quantitative estimate of drug-likeness (QED) is 0.852. The maximum Gasteiger partial charge on any atom is 0.303 e. The van der Waals surface area contributed by atoms with E-state index < -0.39 is 5.97 Å². The molecule has 2 heterocycles. The van der Waals surface area contributed by atoms with Crippen molar-refractivity contribution in [3.8, 4) is 0 Å². The lowest BCUT2D eigenvalue weighted by Crippen LogP contribution is -2.40. The second-order valence-corrected chi connectivity index (χ2v) is 6.91. The zero-order valence-electron chi connectivity index (χ0n) is 12.7. The number of benzene rings is 1. The Labute approximate surface area is 142 Å². The van der Waals surface area contributed by atoms with Gasteiger partial charge in [0.15, 0.2) is 0 Å². The van der Waals surface area contributed by atoms with Gasteiger partial charge in [0.2, 0.25) is 0 Å². The molecule has 0 spiro atoms. The van der Waals surface area contributed by atoms with E-state index in [1.54, 1.807) is 6.20 Å². The molecule has 1 aliphatic rings. The molecule has 5 nitrogen and oxygen atoms in total. The summed E-state index contributed by atoms with van der Waals surface area (Å²) in [4.78, 5) is 28.6. The molecule has 0 saturated carbocycles. The predicted octanol–water partition coefficient (Wildman–Crippen LogP) is 3.65. The molecule has 1 fully saturated rings. The lowest BCUT2D eigenvalue weighted by atomic mass is 9.93. The number of H-pyrrole nitrogens is 1. The normalized spacial score (nSPS) is 18.3. The highest BCUT2D eigenvalue weighted by Gasteiger charge is 2.26. The van der Waals surface area contributed by atoms with Crippen LogP contribution in [0.25, 0.3) is 10.9 Å². The first-order valence-electron chi connectivity index (χ1n) is 7.83. The van der Waals surface area contributed by atoms with Gasteiger partial charge in [0.05, 0.1) is 5.56 Å². The van der Waals surface area contributed by atoms with Crippen LogP contribution in [-0.4, -0.2) is 40.0 Å². The number of carbonyl (C=O) groups is 2. The van der Waals surface area contributed by atoms with Gasteiger partial charge in [0, 0.05) is 41.1 Å². The van der Waals surface area contributed by atoms with E-state index in [1.807, 2.05) is 23.1 Å². The van der Waals surface area contributed by atoms with Crippen LogP contribution in [0.2, 0.25) is 0 Å². The fraction of sp³-hybridized carbons (Fsp3) is 0.412. The third-order valence-electron chi connectivity index (χ3n) is 4.46. The standard InChI is InChI=1S/C17H19BrN2O3/c18-13-4-1-5-14-16(13)12(9-19-14)17(23)20-8-2-3-11(10-20)6-7-15(21)22/h1,4-5,9,11,19H,2-3,6-8,10H2,(H,21,22)/t11-/m0/s1. The summed E-state index contributed by atoms with van der Waals surface area (Å²) in [5.74, 6) is -0.477. The minimum atomic E-state index is -0.769. The maximum atomic E-state index is 12.9. The van der Waals surface area contributed by atoms with Gasteiger partial charge >= 0.3 is 5.97 Å². The second kappa shape index (κ2) is 6.74. The summed E-state index contributed by atoms with van der Waals surface area (Å²) in [7, 11) is 0. The number of carboxylic acids is 1. The van der Waals surface area contributed by atoms with E-state index in [4.69, 9.17) is 5.11 Å². The van der Waals surface area contributed by atoms with E-state index in [0.29, 0.717) is 18.5 Å². The number of aromatic nitrogens is 1. The van der Waals surface area contributed by atoms with E-state index in [0.717, 1.165) is 34.8 Å². The summed E-state index contributed by atoms with van der Waals surface area (Å²) in [5, 5.41) is 9.74. The summed E-state index contributed by atoms with van der Waals surface area (Å²) < 4.78 is 0.902. The first-order valence-corrected chi connectivity index (χ1v) is 8.62. The second-order valence-electron chi connectivity index (χ2n) is 6.06. The van der Waals surface area contributed by atoms with E-state index in [9.17, 15) is 9.59 Å². The third kappa shape index (κ3) is 3.42. The molecule has 23 heavy (non-hydrogen) atoms. The molecule has 122 valence electrons. The molecule has 6 heteroatoms. The van der Waals surface area contributed by atoms with Gasteiger partial charge in [-0.3, -0.25) is 9.59 Å². The number of carboxylic acid groups (broad SMARTS) is 1. The first kappa shape index (κ1) is 16.1. The van der Waals surface area contributed by atoms with Crippen LogP contribution in [0.5, 0.6) is 0 Å². The molecule has 0 unspecified atom stereocenters. The van der Waals surface area contributed by atoms with Crippen molar-refractivity contribution in [2.24, 2.45) is 5.92 Å². The van der Waals surface area contributed by atoms with Crippen molar-refractivity contribution in [1.29, 1.82) is 0 Å². The van der Waals surface area contributed by atoms with E-state index >= 15 is 0 Å². The number of aromatic amines is 1. The zero-order chi connectivity index (χ0) is 16.4. The molecule has 2 N–H and O–H groups in total. The minimum absolute atomic E-state index is 0.0168. The van der Waals surface area contributed by atoms with Gasteiger partial charge in [0.1, 0.15) is 0 Å². The number of carbonyl (C=O) groups excluding carboxylic acids is 1. The predicted molar refractivity (Wildman–Crippen MR) is 91.5 cm³/mol. The van der Waals surface area contributed by atoms with Crippen molar-refractivity contribution in [3.05, 3.63) is 34.4 Å². The highest BCUT2D eigenvalue weighted by atomic mass is 79.9. The van der Waals surface area contributed by atoms with Crippen molar-refractivity contribution in [2.45, 2.75) is 25.7 Å². The smallest absolute Gasteiger partial charge is 0.303 e. The van der Waals surface area contributed by atoms with Crippen molar-refractivity contribution in [1.82, 2.24) is 9.88 Å². The van der Waals surface area contributed by atoms with Gasteiger partial charge in [-0.2, -0.15) is 0 Å². The summed E-state index contributed by atoms with van der Waals surface area (Å²) in [6.07, 6.45) is 4.49. The Hall–Kier alpha value is -1.82. The van der Waals surface area contributed by atoms with Crippen LogP contribution in [-0.2, 0) is 4.79 Å². The van der Waals surface area contributed by atoms with Gasteiger partial charge < -0.3 is 15.0 Å². The number of aliphatic carboxylic acids is 1. The van der Waals surface area contributed by atoms with Crippen LogP contribution in [0, 0.1) is 5.92 Å². The van der Waals surface area contributed by atoms with Crippen molar-refractivity contribution in [3.63, 3.8) is 0 Å². The van der Waals surface area contributed by atoms with Crippen LogP contribution in [0.4, 0.5) is 0 Å². The molecule has 0 aliphatic carbocycles. The highest BCUT2D eigenvalue weighted by Crippen LogP contribution is 2.29. The Morgan fingerprint density at radius 2 is 2.22 bits per heavy atom. The number of nitrogens with zero attached hydrogens (tertiary/aromatic N) is 1. The van der Waals surface area contributed by atoms with Gasteiger partial charge in [-0.1, -0.05) is 22.0 Å². The Balaban J connectivity index is 1.77. The lowest BCUT2D eigenvalue weighted by molar-refractivity contribution is -0.137. The number of hydrogen-bond acceptors (Lipinski definition) is 2. The number of halogens is 1. The summed E-state index contributed by atoms with van der Waals surface area (Å²) in [5.41, 5.74) is 1.61. The fourth-order valence-corrected chi connectivity index (χ4v) is 3.87. The molecule has 1 aliphatic heterocycles. The number of piperidine rings is 1. The van der Waals surface area contributed by atoms with Crippen LogP contribution >= 0.6 is 15.9 Å². The van der Waals surface area contributed by atoms with E-state index in [1.165, 1.54) is 0 Å². The SMILES string of the molecule is O=C(O)CC[C@@H]1CCCN(C(=O)c2c[nH]c3cccc(Br)c23)C1. The summed E-state index contributed by atoms with van der Waals surface area (Å²) >= 11 is 3.52. The molecule has 0 bridgehead atoms. The molecular weight excluding hydrogens is 360 g/mol. The minimum Gasteiger partial charge on any atom is -0.481 e. The van der Waals surface area contributed by atoms with Gasteiger partial charge in [0.25, 0.3) is 5.91 Å². The molecule has 1 saturated heterocycles. The molecule has 3 rings (SSSR count). The molecule has 1 aromatic carbocycles. The maximum absolute atomic E-state index is 12.9. The highest BCUT2D eigenvalue weighted by molar-refractivity contribution is 9.10. The number of fused-ring (bicyclic) bond motifs is 1. The topological polar surface area (TPSA) is 73.4 Å². The Morgan fingerprint density at radius 1 is 1.39 bits per heavy atom. The number of likely N-dealkylation sites (tertiary alicyclic amines) is 1. The zero-order valence-corrected chi connectivity index (χ0v) is 14.3. The Kier molecular flexibility index (Phi) is 4.71. The summed E-state index contributed by atoms with van der Waals surface area (Å²) in [6.45, 7) is 1.38. The molecule has 2 aromatic rings. The number of amides is 1. The lowest BCUT2D eigenvalue weighted by Gasteiger charge is -2.32. The molecule has 1 atom stereocenters. The van der Waals surface area contributed by atoms with Crippen molar-refractivity contribution >= 4 is 38.7 Å². The average Bonchev–Trinajstić information content (AvgIpc) is 2.98. The van der Waals surface area contributed by atoms with Crippen LogP contribution in [0.1, 0.15) is 36.0 Å². The van der Waals surface area contributed by atoms with Crippen LogP contribution in [0.3, 0.4) is 0 Å². The van der Waals surface area contributed by atoms with Crippen LogP contribution in [0.15, 0.2) is 28.9 Å². The fourth-order valence-electron chi connectivity index (χ4n) is 3.29. The first-order chi connectivity index (χ1) is 11.1.